The summed E-state index contributed by atoms with van der Waals surface area (Å²) < 4.78 is 17.4. The lowest BCUT2D eigenvalue weighted by Gasteiger charge is -2.37. The molecule has 1 amide bonds. The Bertz CT molecular complexity index is 589. The van der Waals surface area contributed by atoms with Crippen LogP contribution in [0, 0.1) is 6.92 Å². The third kappa shape index (κ3) is 4.11. The lowest BCUT2D eigenvalue weighted by molar-refractivity contribution is -0.140. The summed E-state index contributed by atoms with van der Waals surface area (Å²) in [4.78, 5) is 17.4. The number of carbonyl (C=O) groups is 1. The van der Waals surface area contributed by atoms with Crippen LogP contribution in [0.15, 0.2) is 18.3 Å². The molecule has 1 aromatic rings. The summed E-state index contributed by atoms with van der Waals surface area (Å²) in [5, 5.41) is 6.39. The van der Waals surface area contributed by atoms with Crippen molar-refractivity contribution in [3.05, 3.63) is 24.0 Å². The SMILES string of the molecule is CCO[C@H]1COC[C@@H]1NC(=O)C1(Oc2cccnc2C)CCNCC1. The molecule has 2 fully saturated rings. The fraction of sp³-hybridized carbons (Fsp3) is 0.667. The third-order valence-corrected chi connectivity index (χ3v) is 4.81. The molecule has 0 spiro atoms. The minimum absolute atomic E-state index is 0.0996. The Morgan fingerprint density at radius 1 is 1.44 bits per heavy atom. The van der Waals surface area contributed by atoms with Crippen LogP contribution in [-0.4, -0.2) is 61.5 Å². The van der Waals surface area contributed by atoms with E-state index in [2.05, 4.69) is 15.6 Å². The molecule has 0 unspecified atom stereocenters. The number of rotatable bonds is 6. The number of piperidine rings is 1. The maximum atomic E-state index is 13.1. The van der Waals surface area contributed by atoms with E-state index in [0.29, 0.717) is 38.4 Å². The van der Waals surface area contributed by atoms with E-state index in [4.69, 9.17) is 14.2 Å². The fourth-order valence-corrected chi connectivity index (χ4v) is 3.34. The number of ether oxygens (including phenoxy) is 3. The van der Waals surface area contributed by atoms with Gasteiger partial charge in [0.05, 0.1) is 24.9 Å². The zero-order valence-corrected chi connectivity index (χ0v) is 14.9. The molecule has 138 valence electrons. The van der Waals surface area contributed by atoms with Gasteiger partial charge in [-0.05, 0) is 39.1 Å². The van der Waals surface area contributed by atoms with Gasteiger partial charge in [0.1, 0.15) is 11.9 Å². The van der Waals surface area contributed by atoms with E-state index in [-0.39, 0.29) is 18.1 Å². The van der Waals surface area contributed by atoms with Gasteiger partial charge in [0.25, 0.3) is 5.91 Å². The van der Waals surface area contributed by atoms with Crippen LogP contribution in [0.5, 0.6) is 5.75 Å². The van der Waals surface area contributed by atoms with Crippen LogP contribution in [0.25, 0.3) is 0 Å². The van der Waals surface area contributed by atoms with Gasteiger partial charge in [0.2, 0.25) is 0 Å². The molecule has 3 heterocycles. The Balaban J connectivity index is 1.75. The van der Waals surface area contributed by atoms with E-state index in [0.717, 1.165) is 18.8 Å². The summed E-state index contributed by atoms with van der Waals surface area (Å²) in [7, 11) is 0. The highest BCUT2D eigenvalue weighted by Crippen LogP contribution is 2.29. The van der Waals surface area contributed by atoms with E-state index >= 15 is 0 Å². The number of aromatic nitrogens is 1. The Morgan fingerprint density at radius 3 is 2.96 bits per heavy atom. The van der Waals surface area contributed by atoms with Crippen molar-refractivity contribution in [3.63, 3.8) is 0 Å². The summed E-state index contributed by atoms with van der Waals surface area (Å²) in [5.41, 5.74) is -0.108. The van der Waals surface area contributed by atoms with E-state index < -0.39 is 5.60 Å². The number of carbonyl (C=O) groups excluding carboxylic acids is 1. The first kappa shape index (κ1) is 18.1. The molecule has 0 radical (unpaired) electrons. The molecule has 2 atom stereocenters. The predicted molar refractivity (Wildman–Crippen MR) is 92.6 cm³/mol. The molecule has 0 aromatic carbocycles. The smallest absolute Gasteiger partial charge is 0.264 e. The second-order valence-corrected chi connectivity index (χ2v) is 6.54. The van der Waals surface area contributed by atoms with E-state index in [1.165, 1.54) is 0 Å². The Kier molecular flexibility index (Phi) is 5.88. The standard InChI is InChI=1S/C18H27N3O4/c1-3-24-16-12-23-11-14(16)21-17(22)18(6-9-19-10-7-18)25-15-5-4-8-20-13(15)2/h4-5,8,14,16,19H,3,6-7,9-12H2,1-2H3,(H,21,22)/t14-,16-/m0/s1. The van der Waals surface area contributed by atoms with Crippen LogP contribution in [0.1, 0.15) is 25.5 Å². The Labute approximate surface area is 148 Å². The third-order valence-electron chi connectivity index (χ3n) is 4.81. The van der Waals surface area contributed by atoms with Crippen molar-refractivity contribution >= 4 is 5.91 Å². The molecule has 7 heteroatoms. The molecule has 25 heavy (non-hydrogen) atoms. The number of amides is 1. The molecule has 3 rings (SSSR count). The Hall–Kier alpha value is -1.70. The molecule has 0 saturated carbocycles. The second kappa shape index (κ2) is 8.12. The van der Waals surface area contributed by atoms with E-state index in [9.17, 15) is 4.79 Å². The normalized spacial score (nSPS) is 25.5. The largest absolute Gasteiger partial charge is 0.475 e. The quantitative estimate of drug-likeness (QED) is 0.791. The maximum Gasteiger partial charge on any atom is 0.264 e. The average molecular weight is 349 g/mol. The van der Waals surface area contributed by atoms with Crippen molar-refractivity contribution in [2.75, 3.05) is 32.9 Å². The highest BCUT2D eigenvalue weighted by molar-refractivity contribution is 5.86. The van der Waals surface area contributed by atoms with Crippen LogP contribution in [0.3, 0.4) is 0 Å². The average Bonchev–Trinajstić information content (AvgIpc) is 3.05. The first-order valence-corrected chi connectivity index (χ1v) is 8.96. The van der Waals surface area contributed by atoms with Crippen molar-refractivity contribution in [1.82, 2.24) is 15.6 Å². The minimum atomic E-state index is -0.890. The van der Waals surface area contributed by atoms with Gasteiger partial charge in [-0.25, -0.2) is 0 Å². The molecule has 2 aliphatic heterocycles. The Morgan fingerprint density at radius 2 is 2.24 bits per heavy atom. The van der Waals surface area contributed by atoms with Gasteiger partial charge in [-0.2, -0.15) is 0 Å². The van der Waals surface area contributed by atoms with Crippen LogP contribution in [-0.2, 0) is 14.3 Å². The summed E-state index contributed by atoms with van der Waals surface area (Å²) in [6.45, 7) is 6.89. The number of hydrogen-bond donors (Lipinski definition) is 2. The van der Waals surface area contributed by atoms with Gasteiger partial charge in [-0.3, -0.25) is 9.78 Å². The van der Waals surface area contributed by atoms with Gasteiger partial charge < -0.3 is 24.8 Å². The number of pyridine rings is 1. The molecular weight excluding hydrogens is 322 g/mol. The van der Waals surface area contributed by atoms with Gasteiger partial charge >= 0.3 is 0 Å². The van der Waals surface area contributed by atoms with Gasteiger partial charge in [-0.1, -0.05) is 0 Å². The van der Waals surface area contributed by atoms with Crippen molar-refractivity contribution in [1.29, 1.82) is 0 Å². The first-order valence-electron chi connectivity index (χ1n) is 8.96. The molecule has 2 saturated heterocycles. The zero-order valence-electron chi connectivity index (χ0n) is 14.9. The van der Waals surface area contributed by atoms with Crippen molar-refractivity contribution in [2.24, 2.45) is 0 Å². The van der Waals surface area contributed by atoms with Crippen LogP contribution in [0.2, 0.25) is 0 Å². The number of hydrogen-bond acceptors (Lipinski definition) is 6. The highest BCUT2D eigenvalue weighted by Gasteiger charge is 2.44. The van der Waals surface area contributed by atoms with Crippen LogP contribution >= 0.6 is 0 Å². The minimum Gasteiger partial charge on any atom is -0.475 e. The van der Waals surface area contributed by atoms with Crippen molar-refractivity contribution in [2.45, 2.75) is 44.4 Å². The van der Waals surface area contributed by atoms with Crippen molar-refractivity contribution < 1.29 is 19.0 Å². The van der Waals surface area contributed by atoms with E-state index in [1.807, 2.05) is 26.0 Å². The lowest BCUT2D eigenvalue weighted by Crippen LogP contribution is -2.59. The van der Waals surface area contributed by atoms with Crippen molar-refractivity contribution in [3.8, 4) is 5.75 Å². The van der Waals surface area contributed by atoms with E-state index in [1.54, 1.807) is 6.20 Å². The van der Waals surface area contributed by atoms with Gasteiger partial charge in [-0.15, -0.1) is 0 Å². The molecular formula is C18H27N3O4. The maximum absolute atomic E-state index is 13.1. The monoisotopic (exact) mass is 349 g/mol. The summed E-state index contributed by atoms with van der Waals surface area (Å²) in [5.74, 6) is 0.557. The van der Waals surface area contributed by atoms with Gasteiger partial charge in [0, 0.05) is 25.6 Å². The molecule has 7 nitrogen and oxygen atoms in total. The molecule has 1 aromatic heterocycles. The van der Waals surface area contributed by atoms with Crippen LogP contribution in [0.4, 0.5) is 0 Å². The van der Waals surface area contributed by atoms with Crippen LogP contribution < -0.4 is 15.4 Å². The summed E-state index contributed by atoms with van der Waals surface area (Å²) in [6.07, 6.45) is 2.84. The molecule has 0 aliphatic carbocycles. The number of nitrogens with one attached hydrogen (secondary N) is 2. The second-order valence-electron chi connectivity index (χ2n) is 6.54. The summed E-state index contributed by atoms with van der Waals surface area (Å²) >= 11 is 0. The summed E-state index contributed by atoms with van der Waals surface area (Å²) in [6, 6.07) is 3.55. The predicted octanol–water partition coefficient (Wildman–Crippen LogP) is 0.811. The van der Waals surface area contributed by atoms with Gasteiger partial charge in [0.15, 0.2) is 5.60 Å². The topological polar surface area (TPSA) is 81.7 Å². The fourth-order valence-electron chi connectivity index (χ4n) is 3.34. The number of aryl methyl sites for hydroxylation is 1. The highest BCUT2D eigenvalue weighted by atomic mass is 16.5. The molecule has 0 bridgehead atoms. The zero-order chi connectivity index (χ0) is 17.7. The first-order chi connectivity index (χ1) is 12.1. The number of nitrogens with zero attached hydrogens (tertiary/aromatic N) is 1. The molecule has 2 aliphatic rings. The lowest BCUT2D eigenvalue weighted by atomic mass is 9.90. The molecule has 2 N–H and O–H groups in total.